The molecule has 0 aromatic heterocycles. The summed E-state index contributed by atoms with van der Waals surface area (Å²) in [5, 5.41) is 7.36. The lowest BCUT2D eigenvalue weighted by molar-refractivity contribution is 0.665. The van der Waals surface area contributed by atoms with Gasteiger partial charge in [0.1, 0.15) is 0 Å². The lowest BCUT2D eigenvalue weighted by Gasteiger charge is -2.16. The van der Waals surface area contributed by atoms with Crippen molar-refractivity contribution < 1.29 is 0 Å². The molecule has 0 bridgehead atoms. The molecule has 19 heavy (non-hydrogen) atoms. The first-order valence-corrected chi connectivity index (χ1v) is 8.20. The van der Waals surface area contributed by atoms with Crippen LogP contribution in [0.4, 0.5) is 0 Å². The van der Waals surface area contributed by atoms with Crippen LogP contribution in [0.25, 0.3) is 0 Å². The number of aliphatic imine (C=N–C) groups is 1. The summed E-state index contributed by atoms with van der Waals surface area (Å²) >= 11 is 1.87. The number of hydrogen-bond acceptors (Lipinski definition) is 2. The van der Waals surface area contributed by atoms with Crippen LogP contribution in [-0.4, -0.2) is 37.6 Å². The van der Waals surface area contributed by atoms with E-state index in [4.69, 9.17) is 0 Å². The van der Waals surface area contributed by atoms with Gasteiger partial charge in [-0.1, -0.05) is 18.6 Å². The van der Waals surface area contributed by atoms with Gasteiger partial charge in [0.15, 0.2) is 5.96 Å². The molecule has 0 aromatic carbocycles. The summed E-state index contributed by atoms with van der Waals surface area (Å²) in [6.45, 7) is 4.17. The fourth-order valence-corrected chi connectivity index (χ4v) is 2.27. The van der Waals surface area contributed by atoms with Gasteiger partial charge in [-0.15, -0.1) is 24.0 Å². The molecule has 1 aliphatic rings. The van der Waals surface area contributed by atoms with Crippen LogP contribution < -0.4 is 10.6 Å². The van der Waals surface area contributed by atoms with E-state index in [2.05, 4.69) is 34.9 Å². The largest absolute Gasteiger partial charge is 0.356 e. The zero-order chi connectivity index (χ0) is 13.2. The zero-order valence-corrected chi connectivity index (χ0v) is 15.5. The molecule has 0 aromatic rings. The van der Waals surface area contributed by atoms with Crippen LogP contribution in [-0.2, 0) is 0 Å². The van der Waals surface area contributed by atoms with Crippen LogP contribution in [0.2, 0.25) is 0 Å². The predicted molar refractivity (Wildman–Crippen MR) is 98.9 cm³/mol. The number of guanidine groups is 1. The summed E-state index contributed by atoms with van der Waals surface area (Å²) in [6, 6.07) is 0. The standard InChI is InChI=1S/C14H27N3S.HI/c1-12(18-3)11-17-14(15-2)16-10-9-13-7-5-4-6-8-13;/h7,12H,4-6,8-11H2,1-3H3,(H2,15,16,17);1H. The van der Waals surface area contributed by atoms with E-state index in [0.29, 0.717) is 5.25 Å². The number of allylic oxidation sites excluding steroid dienone is 1. The van der Waals surface area contributed by atoms with Gasteiger partial charge >= 0.3 is 0 Å². The van der Waals surface area contributed by atoms with E-state index in [1.807, 2.05) is 18.8 Å². The highest BCUT2D eigenvalue weighted by Gasteiger charge is 2.05. The van der Waals surface area contributed by atoms with E-state index < -0.39 is 0 Å². The maximum Gasteiger partial charge on any atom is 0.191 e. The first kappa shape index (κ1) is 19.1. The molecular formula is C14H28IN3S. The Bertz CT molecular complexity index is 292. The monoisotopic (exact) mass is 397 g/mol. The normalized spacial score (nSPS) is 17.2. The fourth-order valence-electron chi connectivity index (χ4n) is 2.02. The molecule has 0 fully saturated rings. The van der Waals surface area contributed by atoms with E-state index in [1.165, 1.54) is 25.7 Å². The third-order valence-electron chi connectivity index (χ3n) is 3.31. The van der Waals surface area contributed by atoms with Crippen molar-refractivity contribution in [2.75, 3.05) is 26.4 Å². The van der Waals surface area contributed by atoms with Crippen LogP contribution in [0, 0.1) is 0 Å². The number of halogens is 1. The minimum Gasteiger partial charge on any atom is -0.356 e. The van der Waals surface area contributed by atoms with E-state index in [1.54, 1.807) is 5.57 Å². The average Bonchev–Trinajstić information content (AvgIpc) is 2.43. The van der Waals surface area contributed by atoms with E-state index >= 15 is 0 Å². The molecule has 3 nitrogen and oxygen atoms in total. The minimum absolute atomic E-state index is 0. The van der Waals surface area contributed by atoms with Crippen molar-refractivity contribution in [3.8, 4) is 0 Å². The SMILES string of the molecule is CN=C(NCCC1=CCCCC1)NCC(C)SC.I. The number of hydrogen-bond donors (Lipinski definition) is 2. The summed E-state index contributed by atoms with van der Waals surface area (Å²) in [5.74, 6) is 0.923. The van der Waals surface area contributed by atoms with E-state index in [-0.39, 0.29) is 24.0 Å². The number of nitrogens with one attached hydrogen (secondary N) is 2. The Hall–Kier alpha value is 0.0900. The number of nitrogens with zero attached hydrogens (tertiary/aromatic N) is 1. The second-order valence-corrected chi connectivity index (χ2v) is 6.06. The summed E-state index contributed by atoms with van der Waals surface area (Å²) in [7, 11) is 1.83. The van der Waals surface area contributed by atoms with Gasteiger partial charge in [0, 0.05) is 25.4 Å². The van der Waals surface area contributed by atoms with Crippen molar-refractivity contribution in [3.05, 3.63) is 11.6 Å². The average molecular weight is 397 g/mol. The number of rotatable bonds is 6. The molecule has 1 aliphatic carbocycles. The Labute approximate surface area is 139 Å². The van der Waals surface area contributed by atoms with Gasteiger partial charge in [0.25, 0.3) is 0 Å². The molecule has 1 rings (SSSR count). The smallest absolute Gasteiger partial charge is 0.191 e. The van der Waals surface area contributed by atoms with Crippen molar-refractivity contribution in [2.45, 2.75) is 44.3 Å². The predicted octanol–water partition coefficient (Wildman–Crippen LogP) is 3.41. The molecule has 112 valence electrons. The van der Waals surface area contributed by atoms with E-state index in [0.717, 1.165) is 25.5 Å². The van der Waals surface area contributed by atoms with E-state index in [9.17, 15) is 0 Å². The molecule has 0 amide bonds. The molecule has 0 radical (unpaired) electrons. The first-order valence-electron chi connectivity index (χ1n) is 6.91. The highest BCUT2D eigenvalue weighted by molar-refractivity contribution is 14.0. The van der Waals surface area contributed by atoms with Crippen molar-refractivity contribution in [2.24, 2.45) is 4.99 Å². The van der Waals surface area contributed by atoms with Crippen molar-refractivity contribution >= 4 is 41.7 Å². The van der Waals surface area contributed by atoms with Crippen LogP contribution in [0.3, 0.4) is 0 Å². The Morgan fingerprint density at radius 3 is 2.79 bits per heavy atom. The van der Waals surface area contributed by atoms with Crippen LogP contribution in [0.1, 0.15) is 39.0 Å². The molecular weight excluding hydrogens is 369 g/mol. The summed E-state index contributed by atoms with van der Waals surface area (Å²) < 4.78 is 0. The van der Waals surface area contributed by atoms with Crippen LogP contribution in [0.5, 0.6) is 0 Å². The second kappa shape index (κ2) is 11.9. The Morgan fingerprint density at radius 1 is 1.42 bits per heavy atom. The van der Waals surface area contributed by atoms with Crippen molar-refractivity contribution in [1.29, 1.82) is 0 Å². The maximum absolute atomic E-state index is 4.24. The van der Waals surface area contributed by atoms with Crippen LogP contribution >= 0.6 is 35.7 Å². The quantitative estimate of drug-likeness (QED) is 0.312. The summed E-state index contributed by atoms with van der Waals surface area (Å²) in [5.41, 5.74) is 1.61. The highest BCUT2D eigenvalue weighted by atomic mass is 127. The first-order chi connectivity index (χ1) is 8.76. The molecule has 0 spiro atoms. The van der Waals surface area contributed by atoms with Crippen molar-refractivity contribution in [1.82, 2.24) is 10.6 Å². The van der Waals surface area contributed by atoms with Gasteiger partial charge < -0.3 is 10.6 Å². The fraction of sp³-hybridized carbons (Fsp3) is 0.786. The molecule has 0 saturated carbocycles. The van der Waals surface area contributed by atoms with Gasteiger partial charge in [0.05, 0.1) is 0 Å². The third kappa shape index (κ3) is 8.78. The van der Waals surface area contributed by atoms with Crippen LogP contribution in [0.15, 0.2) is 16.6 Å². The third-order valence-corrected chi connectivity index (χ3v) is 4.28. The molecule has 1 unspecified atom stereocenters. The van der Waals surface area contributed by atoms with Gasteiger partial charge in [-0.05, 0) is 38.4 Å². The number of thioether (sulfide) groups is 1. The maximum atomic E-state index is 4.24. The Morgan fingerprint density at radius 2 is 2.21 bits per heavy atom. The second-order valence-electron chi connectivity index (χ2n) is 4.78. The molecule has 5 heteroatoms. The van der Waals surface area contributed by atoms with Gasteiger partial charge in [-0.25, -0.2) is 0 Å². The molecule has 2 N–H and O–H groups in total. The molecule has 0 heterocycles. The molecule has 1 atom stereocenters. The highest BCUT2D eigenvalue weighted by Crippen LogP contribution is 2.19. The zero-order valence-electron chi connectivity index (χ0n) is 12.4. The van der Waals surface area contributed by atoms with Gasteiger partial charge in [0.2, 0.25) is 0 Å². The topological polar surface area (TPSA) is 36.4 Å². The Balaban J connectivity index is 0.00000324. The summed E-state index contributed by atoms with van der Waals surface area (Å²) in [6.07, 6.45) is 11.0. The minimum atomic E-state index is 0. The van der Waals surface area contributed by atoms with Gasteiger partial charge in [-0.3, -0.25) is 4.99 Å². The van der Waals surface area contributed by atoms with Gasteiger partial charge in [-0.2, -0.15) is 11.8 Å². The Kier molecular flexibility index (Phi) is 11.9. The molecule has 0 saturated heterocycles. The summed E-state index contributed by atoms with van der Waals surface area (Å²) in [4.78, 5) is 4.24. The molecule has 0 aliphatic heterocycles. The lowest BCUT2D eigenvalue weighted by Crippen LogP contribution is -2.40. The van der Waals surface area contributed by atoms with Crippen molar-refractivity contribution in [3.63, 3.8) is 0 Å². The lowest BCUT2D eigenvalue weighted by atomic mass is 9.97.